The smallest absolute Gasteiger partial charge is 0.433 e. The predicted octanol–water partition coefficient (Wildman–Crippen LogP) is 5.34. The van der Waals surface area contributed by atoms with Crippen LogP contribution >= 0.6 is 11.3 Å². The summed E-state index contributed by atoms with van der Waals surface area (Å²) >= 11 is 1.24. The zero-order valence-corrected chi connectivity index (χ0v) is 20.1. The number of ether oxygens (including phenoxy) is 1. The van der Waals surface area contributed by atoms with Crippen LogP contribution in [0.25, 0.3) is 5.57 Å². The van der Waals surface area contributed by atoms with Crippen molar-refractivity contribution in [3.05, 3.63) is 64.1 Å². The maximum absolute atomic E-state index is 13.9. The van der Waals surface area contributed by atoms with Gasteiger partial charge in [0.1, 0.15) is 11.4 Å². The molecule has 0 saturated heterocycles. The minimum atomic E-state index is -4.66. The number of methoxy groups -OCH3 is 1. The lowest BCUT2D eigenvalue weighted by atomic mass is 9.86. The topological polar surface area (TPSA) is 68.2 Å². The molecule has 2 fully saturated rings. The summed E-state index contributed by atoms with van der Waals surface area (Å²) in [6.07, 6.45) is 7.56. The number of alkyl halides is 3. The van der Waals surface area contributed by atoms with Crippen molar-refractivity contribution in [1.82, 2.24) is 15.2 Å². The molecular formula is C26H21F3N4O2S. The van der Waals surface area contributed by atoms with Crippen LogP contribution in [0.2, 0.25) is 0 Å². The fourth-order valence-corrected chi connectivity index (χ4v) is 4.61. The zero-order chi connectivity index (χ0) is 25.3. The van der Waals surface area contributed by atoms with Crippen LogP contribution in [0.15, 0.2) is 47.9 Å². The molecule has 2 aromatic rings. The van der Waals surface area contributed by atoms with Crippen LogP contribution in [-0.4, -0.2) is 34.2 Å². The van der Waals surface area contributed by atoms with Gasteiger partial charge in [0.2, 0.25) is 5.13 Å². The molecule has 3 aliphatic rings. The molecule has 0 bridgehead atoms. The largest absolute Gasteiger partial charge is 0.494 e. The Morgan fingerprint density at radius 2 is 2.06 bits per heavy atom. The monoisotopic (exact) mass is 510 g/mol. The normalized spacial score (nSPS) is 17.3. The number of pyridine rings is 1. The summed E-state index contributed by atoms with van der Waals surface area (Å²) in [6.45, 7) is 0. The third-order valence-electron chi connectivity index (χ3n) is 6.11. The van der Waals surface area contributed by atoms with Crippen LogP contribution in [0.1, 0.15) is 48.4 Å². The van der Waals surface area contributed by atoms with Crippen molar-refractivity contribution < 1.29 is 22.7 Å². The molecule has 0 aliphatic heterocycles. The summed E-state index contributed by atoms with van der Waals surface area (Å²) in [5, 5.41) is 9.33. The number of halogens is 3. The van der Waals surface area contributed by atoms with Crippen molar-refractivity contribution >= 4 is 27.9 Å². The van der Waals surface area contributed by atoms with Crippen LogP contribution in [0, 0.1) is 17.8 Å². The van der Waals surface area contributed by atoms with Crippen LogP contribution in [0.3, 0.4) is 0 Å². The predicted molar refractivity (Wildman–Crippen MR) is 129 cm³/mol. The number of carbonyl (C=O) groups is 1. The highest BCUT2D eigenvalue weighted by molar-refractivity contribution is 7.16. The van der Waals surface area contributed by atoms with E-state index in [4.69, 9.17) is 4.74 Å². The van der Waals surface area contributed by atoms with Gasteiger partial charge in [-0.25, -0.2) is 4.98 Å². The number of carbonyl (C=O) groups excluding carboxylic acids is 1. The van der Waals surface area contributed by atoms with E-state index >= 15 is 0 Å². The van der Waals surface area contributed by atoms with Crippen LogP contribution < -0.4 is 9.64 Å². The molecule has 0 spiro atoms. The third-order valence-corrected chi connectivity index (χ3v) is 6.95. The quantitative estimate of drug-likeness (QED) is 0.401. The van der Waals surface area contributed by atoms with E-state index in [1.165, 1.54) is 30.9 Å². The molecule has 0 aromatic carbocycles. The number of nitrogens with zero attached hydrogens (tertiary/aromatic N) is 4. The second-order valence-corrected chi connectivity index (χ2v) is 9.58. The number of hydrogen-bond donors (Lipinski definition) is 0. The van der Waals surface area contributed by atoms with Crippen molar-refractivity contribution in [2.24, 2.45) is 5.92 Å². The molecule has 184 valence electrons. The van der Waals surface area contributed by atoms with Gasteiger partial charge >= 0.3 is 6.18 Å². The number of aromatic nitrogens is 3. The van der Waals surface area contributed by atoms with E-state index in [1.54, 1.807) is 23.1 Å². The van der Waals surface area contributed by atoms with Gasteiger partial charge in [0.25, 0.3) is 5.91 Å². The van der Waals surface area contributed by atoms with Gasteiger partial charge < -0.3 is 4.74 Å². The van der Waals surface area contributed by atoms with Crippen LogP contribution in [0.5, 0.6) is 5.75 Å². The van der Waals surface area contributed by atoms with E-state index < -0.39 is 11.9 Å². The van der Waals surface area contributed by atoms with Gasteiger partial charge in [0.15, 0.2) is 5.01 Å². The van der Waals surface area contributed by atoms with E-state index in [2.05, 4.69) is 32.8 Å². The number of rotatable bonds is 5. The molecule has 2 heterocycles. The summed E-state index contributed by atoms with van der Waals surface area (Å²) in [4.78, 5) is 19.0. The molecule has 1 amide bonds. The van der Waals surface area contributed by atoms with Crippen molar-refractivity contribution in [3.8, 4) is 17.6 Å². The maximum atomic E-state index is 13.9. The summed E-state index contributed by atoms with van der Waals surface area (Å²) in [5.74, 6) is 6.36. The van der Waals surface area contributed by atoms with E-state index in [1.807, 2.05) is 0 Å². The van der Waals surface area contributed by atoms with Gasteiger partial charge in [0.05, 0.1) is 13.3 Å². The summed E-state index contributed by atoms with van der Waals surface area (Å²) < 4.78 is 45.6. The van der Waals surface area contributed by atoms with E-state index in [-0.39, 0.29) is 34.4 Å². The number of amides is 1. The standard InChI is InChI=1S/C26H21F3N4O2S/c1-35-21-15-30-22(26(27,28)29)14-20(21)18-8-3-2-4-9-19(18)24(34)33(17-11-12-17)25-32-31-23(36-25)13-10-16-6-5-7-16/h2,4,8-9,14-17H,5-7,11-12H2,1H3. The van der Waals surface area contributed by atoms with Gasteiger partial charge in [-0.3, -0.25) is 9.69 Å². The Morgan fingerprint density at radius 1 is 1.25 bits per heavy atom. The Morgan fingerprint density at radius 3 is 2.72 bits per heavy atom. The SMILES string of the molecule is COc1cnc(C(F)(F)F)cc1C1=C(C(=O)N(c2nnc(C#CC3CCC3)s2)C2CC2)C=CC=C=C1. The molecule has 0 N–H and O–H groups in total. The Labute approximate surface area is 209 Å². The Hall–Kier alpha value is -3.67. The second-order valence-electron chi connectivity index (χ2n) is 8.63. The first-order chi connectivity index (χ1) is 17.3. The lowest BCUT2D eigenvalue weighted by Gasteiger charge is -2.21. The average molecular weight is 511 g/mol. The average Bonchev–Trinajstić information content (AvgIpc) is 3.59. The fourth-order valence-electron chi connectivity index (χ4n) is 3.83. The number of anilines is 1. The first kappa shape index (κ1) is 24.0. The minimum absolute atomic E-state index is 0.0645. The molecule has 0 unspecified atom stereocenters. The molecule has 2 saturated carbocycles. The highest BCUT2D eigenvalue weighted by Gasteiger charge is 2.38. The zero-order valence-electron chi connectivity index (χ0n) is 19.3. The number of allylic oxidation sites excluding steroid dienone is 3. The fraction of sp³-hybridized carbons (Fsp3) is 0.346. The van der Waals surface area contributed by atoms with Crippen molar-refractivity contribution in [2.45, 2.75) is 44.3 Å². The molecule has 5 rings (SSSR count). The molecule has 2 aromatic heterocycles. The van der Waals surface area contributed by atoms with E-state index in [0.29, 0.717) is 16.1 Å². The summed E-state index contributed by atoms with van der Waals surface area (Å²) in [7, 11) is 1.34. The lowest BCUT2D eigenvalue weighted by Crippen LogP contribution is -2.34. The van der Waals surface area contributed by atoms with Gasteiger partial charge in [-0.2, -0.15) is 13.2 Å². The molecule has 0 atom stereocenters. The second kappa shape index (κ2) is 9.76. The minimum Gasteiger partial charge on any atom is -0.494 e. The first-order valence-corrected chi connectivity index (χ1v) is 12.3. The lowest BCUT2D eigenvalue weighted by molar-refractivity contribution is -0.141. The van der Waals surface area contributed by atoms with Crippen LogP contribution in [-0.2, 0) is 11.0 Å². The first-order valence-electron chi connectivity index (χ1n) is 11.5. The van der Waals surface area contributed by atoms with Gasteiger partial charge in [0, 0.05) is 28.7 Å². The van der Waals surface area contributed by atoms with Gasteiger partial charge in [-0.1, -0.05) is 29.8 Å². The molecule has 0 radical (unpaired) electrons. The summed E-state index contributed by atoms with van der Waals surface area (Å²) in [5.41, 5.74) is 2.34. The van der Waals surface area contributed by atoms with Gasteiger partial charge in [-0.15, -0.1) is 15.9 Å². The van der Waals surface area contributed by atoms with Gasteiger partial charge in [-0.05, 0) is 55.9 Å². The van der Waals surface area contributed by atoms with E-state index in [9.17, 15) is 18.0 Å². The Kier molecular flexibility index (Phi) is 6.52. The van der Waals surface area contributed by atoms with Crippen LogP contribution in [0.4, 0.5) is 18.3 Å². The highest BCUT2D eigenvalue weighted by Crippen LogP contribution is 2.39. The number of hydrogen-bond acceptors (Lipinski definition) is 6. The molecule has 6 nitrogen and oxygen atoms in total. The Balaban J connectivity index is 1.56. The maximum Gasteiger partial charge on any atom is 0.433 e. The molecule has 3 aliphatic carbocycles. The molecule has 10 heteroatoms. The molecular weight excluding hydrogens is 489 g/mol. The van der Waals surface area contributed by atoms with Crippen molar-refractivity contribution in [2.75, 3.05) is 12.0 Å². The summed E-state index contributed by atoms with van der Waals surface area (Å²) in [6, 6.07) is 0.824. The third kappa shape index (κ3) is 4.99. The highest BCUT2D eigenvalue weighted by atomic mass is 32.1. The molecule has 36 heavy (non-hydrogen) atoms. The van der Waals surface area contributed by atoms with Crippen molar-refractivity contribution in [3.63, 3.8) is 0 Å². The Bertz CT molecular complexity index is 1380. The van der Waals surface area contributed by atoms with E-state index in [0.717, 1.165) is 37.9 Å². The van der Waals surface area contributed by atoms with Crippen molar-refractivity contribution in [1.29, 1.82) is 0 Å².